The molecular formula is C11H10ClNO2. The molecule has 0 heterocycles. The Hall–Kier alpha value is -1.48. The molecule has 1 N–H and O–H groups in total. The Morgan fingerprint density at radius 2 is 2.33 bits per heavy atom. The monoisotopic (exact) mass is 223 g/mol. The van der Waals surface area contributed by atoms with Crippen molar-refractivity contribution in [1.82, 2.24) is 5.48 Å². The Balaban J connectivity index is 2.16. The Morgan fingerprint density at radius 1 is 1.53 bits per heavy atom. The lowest BCUT2D eigenvalue weighted by molar-refractivity contribution is -0.145. The van der Waals surface area contributed by atoms with E-state index in [2.05, 4.69) is 5.48 Å². The lowest BCUT2D eigenvalue weighted by Crippen LogP contribution is -2.15. The molecule has 0 saturated heterocycles. The van der Waals surface area contributed by atoms with E-state index in [0.717, 1.165) is 28.3 Å². The highest BCUT2D eigenvalue weighted by Gasteiger charge is 2.14. The number of carbonyl (C=O) groups is 1. The van der Waals surface area contributed by atoms with E-state index in [1.165, 1.54) is 6.92 Å². The first-order valence-corrected chi connectivity index (χ1v) is 4.97. The molecule has 2 rings (SSSR count). The average molecular weight is 224 g/mol. The summed E-state index contributed by atoms with van der Waals surface area (Å²) in [7, 11) is 0. The van der Waals surface area contributed by atoms with E-state index in [-0.39, 0.29) is 5.97 Å². The first kappa shape index (κ1) is 10.1. The Bertz CT molecular complexity index is 440. The Morgan fingerprint density at radius 3 is 3.07 bits per heavy atom. The summed E-state index contributed by atoms with van der Waals surface area (Å²) in [5, 5.41) is 0.718. The standard InChI is InChI=1S/C11H10ClNO2/c1-7(14)15-13-11-5-2-8-6-9(12)3-4-10(8)11/h3-6,13H,2H2,1H3. The van der Waals surface area contributed by atoms with Gasteiger partial charge in [0, 0.05) is 17.5 Å². The molecule has 3 nitrogen and oxygen atoms in total. The van der Waals surface area contributed by atoms with Gasteiger partial charge in [0.15, 0.2) is 0 Å². The van der Waals surface area contributed by atoms with Crippen molar-refractivity contribution in [3.8, 4) is 0 Å². The molecule has 0 radical (unpaired) electrons. The summed E-state index contributed by atoms with van der Waals surface area (Å²) in [6.45, 7) is 1.35. The van der Waals surface area contributed by atoms with Crippen molar-refractivity contribution in [1.29, 1.82) is 0 Å². The molecule has 0 atom stereocenters. The fourth-order valence-electron chi connectivity index (χ4n) is 1.54. The maximum atomic E-state index is 10.6. The van der Waals surface area contributed by atoms with Crippen LogP contribution in [-0.4, -0.2) is 5.97 Å². The van der Waals surface area contributed by atoms with Gasteiger partial charge in [0.1, 0.15) is 0 Å². The van der Waals surface area contributed by atoms with Crippen molar-refractivity contribution in [2.75, 3.05) is 0 Å². The van der Waals surface area contributed by atoms with Gasteiger partial charge in [0.2, 0.25) is 0 Å². The van der Waals surface area contributed by atoms with E-state index >= 15 is 0 Å². The SMILES string of the molecule is CC(=O)ONC1=CCc2cc(Cl)ccc21. The highest BCUT2D eigenvalue weighted by Crippen LogP contribution is 2.27. The van der Waals surface area contributed by atoms with E-state index in [1.807, 2.05) is 24.3 Å². The van der Waals surface area contributed by atoms with Gasteiger partial charge in [-0.25, -0.2) is 5.48 Å². The Labute approximate surface area is 92.6 Å². The predicted molar refractivity (Wildman–Crippen MR) is 58.0 cm³/mol. The van der Waals surface area contributed by atoms with Crippen molar-refractivity contribution in [2.24, 2.45) is 0 Å². The molecule has 0 aliphatic heterocycles. The fraction of sp³-hybridized carbons (Fsp3) is 0.182. The lowest BCUT2D eigenvalue weighted by atomic mass is 10.1. The molecule has 4 heteroatoms. The van der Waals surface area contributed by atoms with Gasteiger partial charge in [-0.05, 0) is 24.1 Å². The second-order valence-electron chi connectivity index (χ2n) is 3.32. The second kappa shape index (κ2) is 3.95. The fourth-order valence-corrected chi connectivity index (χ4v) is 1.73. The summed E-state index contributed by atoms with van der Waals surface area (Å²) in [6.07, 6.45) is 2.77. The maximum Gasteiger partial charge on any atom is 0.329 e. The van der Waals surface area contributed by atoms with E-state index in [9.17, 15) is 4.79 Å². The summed E-state index contributed by atoms with van der Waals surface area (Å²) in [6, 6.07) is 5.64. The van der Waals surface area contributed by atoms with Crippen LogP contribution in [-0.2, 0) is 16.1 Å². The van der Waals surface area contributed by atoms with E-state index < -0.39 is 0 Å². The number of hydroxylamine groups is 1. The maximum absolute atomic E-state index is 10.6. The molecular weight excluding hydrogens is 214 g/mol. The van der Waals surface area contributed by atoms with E-state index in [4.69, 9.17) is 16.4 Å². The first-order chi connectivity index (χ1) is 7.16. The van der Waals surface area contributed by atoms with Crippen molar-refractivity contribution in [3.63, 3.8) is 0 Å². The lowest BCUT2D eigenvalue weighted by Gasteiger charge is -2.07. The molecule has 1 aromatic rings. The molecule has 15 heavy (non-hydrogen) atoms. The third-order valence-electron chi connectivity index (χ3n) is 2.19. The van der Waals surface area contributed by atoms with Crippen molar-refractivity contribution in [2.45, 2.75) is 13.3 Å². The topological polar surface area (TPSA) is 38.3 Å². The number of allylic oxidation sites excluding steroid dienone is 1. The van der Waals surface area contributed by atoms with Gasteiger partial charge in [-0.3, -0.25) is 4.79 Å². The number of fused-ring (bicyclic) bond motifs is 1. The zero-order valence-electron chi connectivity index (χ0n) is 8.21. The molecule has 1 aromatic carbocycles. The minimum atomic E-state index is -0.363. The van der Waals surface area contributed by atoms with Crippen LogP contribution < -0.4 is 5.48 Å². The van der Waals surface area contributed by atoms with Crippen LogP contribution in [0.15, 0.2) is 24.3 Å². The molecule has 0 amide bonds. The summed E-state index contributed by atoms with van der Waals surface area (Å²) in [5.41, 5.74) is 5.61. The van der Waals surface area contributed by atoms with Crippen LogP contribution in [0.5, 0.6) is 0 Å². The van der Waals surface area contributed by atoms with Crippen LogP contribution in [0, 0.1) is 0 Å². The van der Waals surface area contributed by atoms with Crippen LogP contribution in [0.1, 0.15) is 18.1 Å². The van der Waals surface area contributed by atoms with E-state index in [1.54, 1.807) is 0 Å². The highest BCUT2D eigenvalue weighted by molar-refractivity contribution is 6.30. The largest absolute Gasteiger partial charge is 0.344 e. The van der Waals surface area contributed by atoms with Gasteiger partial charge >= 0.3 is 5.97 Å². The number of carbonyl (C=O) groups excluding carboxylic acids is 1. The number of benzene rings is 1. The van der Waals surface area contributed by atoms with Crippen LogP contribution in [0.2, 0.25) is 5.02 Å². The van der Waals surface area contributed by atoms with Gasteiger partial charge in [-0.15, -0.1) is 0 Å². The van der Waals surface area contributed by atoms with Crippen molar-refractivity contribution in [3.05, 3.63) is 40.4 Å². The van der Waals surface area contributed by atoms with Gasteiger partial charge in [-0.1, -0.05) is 23.7 Å². The number of nitrogens with one attached hydrogen (secondary N) is 1. The number of hydrogen-bond acceptors (Lipinski definition) is 3. The first-order valence-electron chi connectivity index (χ1n) is 4.59. The normalized spacial score (nSPS) is 13.1. The van der Waals surface area contributed by atoms with Crippen molar-refractivity contribution < 1.29 is 9.63 Å². The molecule has 0 aromatic heterocycles. The molecule has 1 aliphatic rings. The third kappa shape index (κ3) is 2.13. The smallest absolute Gasteiger partial charge is 0.329 e. The molecule has 0 saturated carbocycles. The summed E-state index contributed by atoms with van der Waals surface area (Å²) in [5.74, 6) is -0.363. The molecule has 0 fully saturated rings. The second-order valence-corrected chi connectivity index (χ2v) is 3.76. The van der Waals surface area contributed by atoms with Crippen LogP contribution in [0.25, 0.3) is 5.70 Å². The quantitative estimate of drug-likeness (QED) is 0.782. The summed E-state index contributed by atoms with van der Waals surface area (Å²) < 4.78 is 0. The van der Waals surface area contributed by atoms with E-state index in [0.29, 0.717) is 0 Å². The number of hydrogen-bond donors (Lipinski definition) is 1. The number of halogens is 1. The molecule has 0 spiro atoms. The van der Waals surface area contributed by atoms with Gasteiger partial charge < -0.3 is 4.84 Å². The molecule has 78 valence electrons. The van der Waals surface area contributed by atoms with Crippen LogP contribution >= 0.6 is 11.6 Å². The van der Waals surface area contributed by atoms with Gasteiger partial charge in [0.25, 0.3) is 0 Å². The van der Waals surface area contributed by atoms with Crippen LogP contribution in [0.4, 0.5) is 0 Å². The number of rotatable bonds is 2. The molecule has 0 bridgehead atoms. The van der Waals surface area contributed by atoms with Gasteiger partial charge in [0.05, 0.1) is 5.70 Å². The van der Waals surface area contributed by atoms with Crippen molar-refractivity contribution >= 4 is 23.3 Å². The predicted octanol–water partition coefficient (Wildman–Crippen LogP) is 2.30. The molecule has 1 aliphatic carbocycles. The van der Waals surface area contributed by atoms with Crippen LogP contribution in [0.3, 0.4) is 0 Å². The highest BCUT2D eigenvalue weighted by atomic mass is 35.5. The van der Waals surface area contributed by atoms with Gasteiger partial charge in [-0.2, -0.15) is 0 Å². The molecule has 0 unspecified atom stereocenters. The zero-order chi connectivity index (χ0) is 10.8. The summed E-state index contributed by atoms with van der Waals surface area (Å²) >= 11 is 5.87. The Kier molecular flexibility index (Phi) is 2.64. The minimum Gasteiger partial charge on any atom is -0.344 e. The zero-order valence-corrected chi connectivity index (χ0v) is 8.97. The summed E-state index contributed by atoms with van der Waals surface area (Å²) in [4.78, 5) is 15.4. The third-order valence-corrected chi connectivity index (χ3v) is 2.42. The minimum absolute atomic E-state index is 0.363. The average Bonchev–Trinajstić information content (AvgIpc) is 2.57.